The average Bonchev–Trinajstić information content (AvgIpc) is 3.55. The monoisotopic (exact) mass is 624 g/mol. The van der Waals surface area contributed by atoms with E-state index >= 15 is 0 Å². The van der Waals surface area contributed by atoms with Gasteiger partial charge in [-0.1, -0.05) is 53.6 Å². The molecule has 0 saturated carbocycles. The van der Waals surface area contributed by atoms with E-state index in [-0.39, 0.29) is 29.1 Å². The summed E-state index contributed by atoms with van der Waals surface area (Å²) in [5.41, 5.74) is 6.30. The van der Waals surface area contributed by atoms with Crippen molar-refractivity contribution in [2.45, 2.75) is 52.6 Å². The number of methoxy groups -OCH3 is 1. The molecule has 0 bridgehead atoms. The van der Waals surface area contributed by atoms with Gasteiger partial charge in [-0.2, -0.15) is 4.31 Å². The molecule has 5 rings (SSSR count). The van der Waals surface area contributed by atoms with Gasteiger partial charge in [-0.25, -0.2) is 13.2 Å². The Morgan fingerprint density at radius 2 is 1.49 bits per heavy atom. The number of rotatable bonds is 9. The minimum Gasteiger partial charge on any atom is -0.465 e. The van der Waals surface area contributed by atoms with Crippen LogP contribution in [0.15, 0.2) is 105 Å². The van der Waals surface area contributed by atoms with Crippen molar-refractivity contribution < 1.29 is 27.2 Å². The molecule has 0 spiro atoms. The van der Waals surface area contributed by atoms with Gasteiger partial charge in [0.1, 0.15) is 11.5 Å². The third kappa shape index (κ3) is 6.55. The van der Waals surface area contributed by atoms with Crippen molar-refractivity contribution in [3.63, 3.8) is 0 Å². The number of sulfonamides is 1. The Labute approximate surface area is 264 Å². The van der Waals surface area contributed by atoms with Crippen LogP contribution in [0.3, 0.4) is 0 Å². The lowest BCUT2D eigenvalue weighted by Crippen LogP contribution is -2.30. The molecule has 4 aromatic rings. The fraction of sp³-hybridized carbons (Fsp3) is 0.222. The van der Waals surface area contributed by atoms with Gasteiger partial charge in [0.05, 0.1) is 29.7 Å². The first-order chi connectivity index (χ1) is 21.4. The second-order valence-electron chi connectivity index (χ2n) is 11.3. The molecule has 0 fully saturated rings. The number of allylic oxidation sites excluding steroid dienone is 1. The second kappa shape index (κ2) is 12.7. The predicted molar refractivity (Wildman–Crippen MR) is 174 cm³/mol. The Kier molecular flexibility index (Phi) is 8.95. The molecule has 45 heavy (non-hydrogen) atoms. The number of amides is 1. The third-order valence-corrected chi connectivity index (χ3v) is 9.78. The largest absolute Gasteiger partial charge is 0.465 e. The molecular weight excluding hydrogens is 588 g/mol. The van der Waals surface area contributed by atoms with Gasteiger partial charge in [0.15, 0.2) is 0 Å². The summed E-state index contributed by atoms with van der Waals surface area (Å²) in [6.07, 6.45) is 1.50. The lowest BCUT2D eigenvalue weighted by atomic mass is 10.1. The minimum atomic E-state index is -3.89. The minimum absolute atomic E-state index is 0.0469. The molecule has 1 aliphatic rings. The average molecular weight is 625 g/mol. The number of hydrogen-bond acceptors (Lipinski definition) is 6. The molecular formula is C36H36N2O6S. The summed E-state index contributed by atoms with van der Waals surface area (Å²) in [6.45, 7) is 9.61. The highest BCUT2D eigenvalue weighted by atomic mass is 32.2. The van der Waals surface area contributed by atoms with Gasteiger partial charge in [0, 0.05) is 17.9 Å². The lowest BCUT2D eigenvalue weighted by molar-refractivity contribution is -0.136. The van der Waals surface area contributed by atoms with Crippen LogP contribution in [-0.4, -0.2) is 31.7 Å². The third-order valence-electron chi connectivity index (χ3n) is 7.98. The fourth-order valence-corrected chi connectivity index (χ4v) is 6.61. The van der Waals surface area contributed by atoms with Crippen LogP contribution in [0.1, 0.15) is 46.3 Å². The van der Waals surface area contributed by atoms with Gasteiger partial charge >= 0.3 is 5.97 Å². The van der Waals surface area contributed by atoms with Crippen molar-refractivity contribution >= 4 is 33.7 Å². The molecule has 2 heterocycles. The van der Waals surface area contributed by atoms with E-state index in [9.17, 15) is 18.0 Å². The first-order valence-corrected chi connectivity index (χ1v) is 16.0. The highest BCUT2D eigenvalue weighted by Gasteiger charge is 2.38. The van der Waals surface area contributed by atoms with Crippen LogP contribution in [0.4, 0.5) is 5.69 Å². The standard InChI is InChI=1S/C36H36N2O6S/c1-23-7-12-28(13-8-23)21-37(45(41,42)32-17-9-24(2)10-18-32)22-31-16-15-30(44-31)20-33-34(36(40)43-6)27(5)38(35(33)39)29-14-11-25(3)26(4)19-29/h7-20H,21-22H2,1-6H3/b33-20+. The zero-order valence-electron chi connectivity index (χ0n) is 26.2. The number of benzene rings is 3. The summed E-state index contributed by atoms with van der Waals surface area (Å²) in [5, 5.41) is 0. The van der Waals surface area contributed by atoms with E-state index < -0.39 is 21.9 Å². The Hall–Kier alpha value is -4.73. The summed E-state index contributed by atoms with van der Waals surface area (Å²) in [4.78, 5) is 28.3. The van der Waals surface area contributed by atoms with Crippen molar-refractivity contribution in [2.75, 3.05) is 12.0 Å². The molecule has 0 unspecified atom stereocenters. The van der Waals surface area contributed by atoms with E-state index in [2.05, 4.69) is 0 Å². The Morgan fingerprint density at radius 3 is 2.11 bits per heavy atom. The molecule has 0 radical (unpaired) electrons. The van der Waals surface area contributed by atoms with Gasteiger partial charge in [-0.15, -0.1) is 0 Å². The first-order valence-electron chi connectivity index (χ1n) is 14.5. The number of ether oxygens (including phenoxy) is 1. The van der Waals surface area contributed by atoms with Gasteiger partial charge in [0.2, 0.25) is 10.0 Å². The second-order valence-corrected chi connectivity index (χ2v) is 13.2. The van der Waals surface area contributed by atoms with Crippen molar-refractivity contribution in [3.05, 3.63) is 135 Å². The van der Waals surface area contributed by atoms with E-state index in [0.29, 0.717) is 22.9 Å². The Morgan fingerprint density at radius 1 is 0.844 bits per heavy atom. The maximum atomic E-state index is 13.8. The Balaban J connectivity index is 1.49. The van der Waals surface area contributed by atoms with Crippen molar-refractivity contribution in [1.29, 1.82) is 0 Å². The van der Waals surface area contributed by atoms with Crippen LogP contribution in [0.25, 0.3) is 6.08 Å². The van der Waals surface area contributed by atoms with Crippen molar-refractivity contribution in [2.24, 2.45) is 0 Å². The number of esters is 1. The van der Waals surface area contributed by atoms with Crippen molar-refractivity contribution in [3.8, 4) is 0 Å². The molecule has 1 amide bonds. The van der Waals surface area contributed by atoms with Gasteiger partial charge in [-0.3, -0.25) is 9.69 Å². The number of carbonyl (C=O) groups is 2. The van der Waals surface area contributed by atoms with Crippen LogP contribution in [-0.2, 0) is 37.4 Å². The first kappa shape index (κ1) is 31.7. The predicted octanol–water partition coefficient (Wildman–Crippen LogP) is 6.78. The molecule has 0 N–H and O–H groups in total. The number of aryl methyl sites for hydroxylation is 4. The highest BCUT2D eigenvalue weighted by molar-refractivity contribution is 7.89. The van der Waals surface area contributed by atoms with Gasteiger partial charge < -0.3 is 9.15 Å². The Bertz CT molecular complexity index is 1930. The zero-order chi connectivity index (χ0) is 32.5. The maximum Gasteiger partial charge on any atom is 0.340 e. The van der Waals surface area contributed by atoms with E-state index in [0.717, 1.165) is 27.8 Å². The molecule has 1 aliphatic heterocycles. The van der Waals surface area contributed by atoms with E-state index in [1.54, 1.807) is 43.3 Å². The number of nitrogens with zero attached hydrogens (tertiary/aromatic N) is 2. The van der Waals surface area contributed by atoms with Crippen LogP contribution in [0.2, 0.25) is 0 Å². The van der Waals surface area contributed by atoms with Crippen molar-refractivity contribution in [1.82, 2.24) is 4.31 Å². The molecule has 0 atom stereocenters. The van der Waals surface area contributed by atoms with Gasteiger partial charge in [0.25, 0.3) is 5.91 Å². The lowest BCUT2D eigenvalue weighted by Gasteiger charge is -2.22. The molecule has 3 aromatic carbocycles. The van der Waals surface area contributed by atoms with Crippen LogP contribution in [0.5, 0.6) is 0 Å². The summed E-state index contributed by atoms with van der Waals surface area (Å²) < 4.78 is 40.1. The van der Waals surface area contributed by atoms with Crippen LogP contribution >= 0.6 is 0 Å². The maximum absolute atomic E-state index is 13.8. The smallest absolute Gasteiger partial charge is 0.340 e. The number of furan rings is 1. The molecule has 0 saturated heterocycles. The van der Waals surface area contributed by atoms with Crippen LogP contribution in [0, 0.1) is 27.7 Å². The van der Waals surface area contributed by atoms with Gasteiger partial charge in [-0.05, 0) is 93.8 Å². The number of anilines is 1. The number of hydrogen-bond donors (Lipinski definition) is 0. The zero-order valence-corrected chi connectivity index (χ0v) is 27.1. The number of carbonyl (C=O) groups excluding carboxylic acids is 2. The van der Waals surface area contributed by atoms with E-state index in [4.69, 9.17) is 9.15 Å². The molecule has 232 valence electrons. The highest BCUT2D eigenvalue weighted by Crippen LogP contribution is 2.36. The molecule has 8 nitrogen and oxygen atoms in total. The topological polar surface area (TPSA) is 97.1 Å². The summed E-state index contributed by atoms with van der Waals surface area (Å²) in [5.74, 6) is -0.357. The van der Waals surface area contributed by atoms with E-state index in [1.807, 2.05) is 70.2 Å². The normalized spacial score (nSPS) is 14.6. The SMILES string of the molecule is COC(=O)C1=C(C)N(c2ccc(C)c(C)c2)C(=O)/C1=C/c1ccc(CN(Cc2ccc(C)cc2)S(=O)(=O)c2ccc(C)cc2)o1. The van der Waals surface area contributed by atoms with E-state index in [1.165, 1.54) is 22.4 Å². The molecule has 1 aromatic heterocycles. The summed E-state index contributed by atoms with van der Waals surface area (Å²) in [7, 11) is -2.62. The molecule has 0 aliphatic carbocycles. The summed E-state index contributed by atoms with van der Waals surface area (Å²) >= 11 is 0. The fourth-order valence-electron chi connectivity index (χ4n) is 5.21. The molecule has 9 heteroatoms. The van der Waals surface area contributed by atoms with Crippen LogP contribution < -0.4 is 4.90 Å². The quantitative estimate of drug-likeness (QED) is 0.150. The summed E-state index contributed by atoms with van der Waals surface area (Å²) in [6, 6.07) is 23.4.